The van der Waals surface area contributed by atoms with Crippen molar-refractivity contribution >= 4 is 23.1 Å². The number of hydrogen-bond donors (Lipinski definition) is 2. The number of aryl methyl sites for hydroxylation is 1. The molecule has 0 bridgehead atoms. The van der Waals surface area contributed by atoms with Crippen LogP contribution in [-0.2, 0) is 6.42 Å². The highest BCUT2D eigenvalue weighted by Gasteiger charge is 2.25. The van der Waals surface area contributed by atoms with Crippen LogP contribution in [0.5, 0.6) is 0 Å². The van der Waals surface area contributed by atoms with Crippen molar-refractivity contribution < 1.29 is 4.79 Å². The summed E-state index contributed by atoms with van der Waals surface area (Å²) in [7, 11) is 0. The summed E-state index contributed by atoms with van der Waals surface area (Å²) >= 11 is 1.63. The van der Waals surface area contributed by atoms with Gasteiger partial charge in [0.1, 0.15) is 17.3 Å². The molecule has 0 saturated carbocycles. The lowest BCUT2D eigenvalue weighted by molar-refractivity contribution is 0.0940. The first-order valence-corrected chi connectivity index (χ1v) is 8.71. The molecule has 7 heteroatoms. The normalized spacial score (nSPS) is 15.3. The minimum absolute atomic E-state index is 0.0326. The molecule has 3 heterocycles. The standard InChI is InChI=1S/C16H21N5OS/c1-8(2)14-20-13-11(5-6-17-16(13)22)15(21-14)19-9(3)12-10(4)23-7-18-12/h7-9H,5-6H2,1-4H3,(H,17,22)(H,19,20,21). The predicted molar refractivity (Wildman–Crippen MR) is 91.0 cm³/mol. The molecule has 3 rings (SSSR count). The van der Waals surface area contributed by atoms with Gasteiger partial charge in [0.25, 0.3) is 5.91 Å². The highest BCUT2D eigenvalue weighted by Crippen LogP contribution is 2.28. The van der Waals surface area contributed by atoms with Crippen molar-refractivity contribution in [3.8, 4) is 0 Å². The number of fused-ring (bicyclic) bond motifs is 1. The van der Waals surface area contributed by atoms with Gasteiger partial charge in [0.2, 0.25) is 0 Å². The molecule has 122 valence electrons. The zero-order valence-electron chi connectivity index (χ0n) is 13.8. The molecule has 1 atom stereocenters. The van der Waals surface area contributed by atoms with E-state index in [2.05, 4.69) is 39.4 Å². The molecule has 1 unspecified atom stereocenters. The number of nitrogens with zero attached hydrogens (tertiary/aromatic N) is 3. The van der Waals surface area contributed by atoms with Crippen molar-refractivity contribution in [2.45, 2.75) is 46.1 Å². The fraction of sp³-hybridized carbons (Fsp3) is 0.500. The first-order valence-electron chi connectivity index (χ1n) is 7.83. The molecule has 0 aromatic carbocycles. The van der Waals surface area contributed by atoms with Crippen molar-refractivity contribution in [1.29, 1.82) is 0 Å². The van der Waals surface area contributed by atoms with E-state index in [1.807, 2.05) is 19.4 Å². The van der Waals surface area contributed by atoms with Gasteiger partial charge >= 0.3 is 0 Å². The number of amides is 1. The molecule has 23 heavy (non-hydrogen) atoms. The Morgan fingerprint density at radius 2 is 2.09 bits per heavy atom. The number of nitrogens with one attached hydrogen (secondary N) is 2. The lowest BCUT2D eigenvalue weighted by Crippen LogP contribution is -2.34. The molecule has 6 nitrogen and oxygen atoms in total. The van der Waals surface area contributed by atoms with Crippen molar-refractivity contribution in [3.63, 3.8) is 0 Å². The summed E-state index contributed by atoms with van der Waals surface area (Å²) in [5.74, 6) is 1.49. The molecular formula is C16H21N5OS. The lowest BCUT2D eigenvalue weighted by Gasteiger charge is -2.23. The van der Waals surface area contributed by atoms with Crippen LogP contribution in [0.4, 0.5) is 5.82 Å². The Morgan fingerprint density at radius 3 is 2.74 bits per heavy atom. The zero-order valence-corrected chi connectivity index (χ0v) is 14.6. The molecule has 0 aliphatic carbocycles. The fourth-order valence-electron chi connectivity index (χ4n) is 2.69. The van der Waals surface area contributed by atoms with E-state index in [1.54, 1.807) is 11.3 Å². The number of carbonyl (C=O) groups is 1. The monoisotopic (exact) mass is 331 g/mol. The first-order chi connectivity index (χ1) is 11.0. The number of rotatable bonds is 4. The maximum atomic E-state index is 12.1. The van der Waals surface area contributed by atoms with Gasteiger partial charge < -0.3 is 10.6 Å². The van der Waals surface area contributed by atoms with Crippen LogP contribution in [0.1, 0.15) is 65.2 Å². The van der Waals surface area contributed by atoms with E-state index in [0.29, 0.717) is 18.1 Å². The SMILES string of the molecule is Cc1scnc1C(C)Nc1nc(C(C)C)nc2c1CCNC2=O. The summed E-state index contributed by atoms with van der Waals surface area (Å²) in [6.07, 6.45) is 0.741. The van der Waals surface area contributed by atoms with Crippen molar-refractivity contribution in [3.05, 3.63) is 33.2 Å². The Kier molecular flexibility index (Phi) is 4.30. The zero-order chi connectivity index (χ0) is 16.6. The summed E-state index contributed by atoms with van der Waals surface area (Å²) < 4.78 is 0. The van der Waals surface area contributed by atoms with Gasteiger partial charge in [-0.1, -0.05) is 13.8 Å². The molecular weight excluding hydrogens is 310 g/mol. The molecule has 2 N–H and O–H groups in total. The largest absolute Gasteiger partial charge is 0.362 e. The van der Waals surface area contributed by atoms with Crippen molar-refractivity contribution in [2.24, 2.45) is 0 Å². The van der Waals surface area contributed by atoms with Gasteiger partial charge in [0.05, 0.1) is 17.2 Å². The van der Waals surface area contributed by atoms with E-state index in [0.717, 1.165) is 23.5 Å². The van der Waals surface area contributed by atoms with Crippen LogP contribution in [0.3, 0.4) is 0 Å². The summed E-state index contributed by atoms with van der Waals surface area (Å²) in [6, 6.07) is 0.0326. The Balaban J connectivity index is 2.00. The quantitative estimate of drug-likeness (QED) is 0.900. The van der Waals surface area contributed by atoms with Gasteiger partial charge in [0, 0.05) is 22.9 Å². The molecule has 1 aliphatic heterocycles. The molecule has 2 aromatic heterocycles. The van der Waals surface area contributed by atoms with Gasteiger partial charge in [-0.05, 0) is 20.3 Å². The van der Waals surface area contributed by atoms with Gasteiger partial charge in [-0.25, -0.2) is 15.0 Å². The first kappa shape index (κ1) is 15.9. The van der Waals surface area contributed by atoms with Crippen LogP contribution in [0.15, 0.2) is 5.51 Å². The second-order valence-electron chi connectivity index (χ2n) is 6.08. The summed E-state index contributed by atoms with van der Waals surface area (Å²) in [5, 5.41) is 6.30. The smallest absolute Gasteiger partial charge is 0.270 e. The Bertz CT molecular complexity index is 740. The van der Waals surface area contributed by atoms with E-state index in [9.17, 15) is 4.79 Å². The third kappa shape index (κ3) is 3.06. The topological polar surface area (TPSA) is 79.8 Å². The van der Waals surface area contributed by atoms with E-state index < -0.39 is 0 Å². The number of thiazole rings is 1. The number of anilines is 1. The predicted octanol–water partition coefficient (Wildman–Crippen LogP) is 2.82. The fourth-order valence-corrected chi connectivity index (χ4v) is 3.37. The van der Waals surface area contributed by atoms with Gasteiger partial charge in [-0.2, -0.15) is 0 Å². The minimum atomic E-state index is -0.115. The van der Waals surface area contributed by atoms with Gasteiger partial charge in [0.15, 0.2) is 0 Å². The van der Waals surface area contributed by atoms with Crippen LogP contribution in [-0.4, -0.2) is 27.4 Å². The molecule has 0 radical (unpaired) electrons. The molecule has 0 fully saturated rings. The van der Waals surface area contributed by atoms with E-state index in [4.69, 9.17) is 0 Å². The highest BCUT2D eigenvalue weighted by atomic mass is 32.1. The average Bonchev–Trinajstić information content (AvgIpc) is 2.94. The Hall–Kier alpha value is -2.02. The van der Waals surface area contributed by atoms with Crippen LogP contribution < -0.4 is 10.6 Å². The molecule has 1 amide bonds. The minimum Gasteiger partial charge on any atom is -0.362 e. The summed E-state index contributed by atoms with van der Waals surface area (Å²) in [4.78, 5) is 26.9. The molecule has 2 aromatic rings. The van der Waals surface area contributed by atoms with Crippen molar-refractivity contribution in [2.75, 3.05) is 11.9 Å². The number of carbonyl (C=O) groups excluding carboxylic acids is 1. The second kappa shape index (κ2) is 6.23. The summed E-state index contributed by atoms with van der Waals surface area (Å²) in [6.45, 7) is 8.80. The van der Waals surface area contributed by atoms with Crippen LogP contribution in [0.2, 0.25) is 0 Å². The molecule has 0 spiro atoms. The van der Waals surface area contributed by atoms with Crippen LogP contribution in [0.25, 0.3) is 0 Å². The van der Waals surface area contributed by atoms with Gasteiger partial charge in [-0.3, -0.25) is 4.79 Å². The van der Waals surface area contributed by atoms with E-state index >= 15 is 0 Å². The maximum absolute atomic E-state index is 12.1. The number of aromatic nitrogens is 3. The average molecular weight is 331 g/mol. The lowest BCUT2D eigenvalue weighted by atomic mass is 10.0. The number of hydrogen-bond acceptors (Lipinski definition) is 6. The molecule has 0 saturated heterocycles. The Morgan fingerprint density at radius 1 is 1.30 bits per heavy atom. The van der Waals surface area contributed by atoms with Crippen molar-refractivity contribution in [1.82, 2.24) is 20.3 Å². The third-order valence-electron chi connectivity index (χ3n) is 3.96. The van der Waals surface area contributed by atoms with E-state index in [1.165, 1.54) is 4.88 Å². The van der Waals surface area contributed by atoms with Crippen LogP contribution in [0, 0.1) is 6.92 Å². The van der Waals surface area contributed by atoms with E-state index in [-0.39, 0.29) is 17.9 Å². The van der Waals surface area contributed by atoms with Gasteiger partial charge in [-0.15, -0.1) is 11.3 Å². The third-order valence-corrected chi connectivity index (χ3v) is 4.74. The maximum Gasteiger partial charge on any atom is 0.270 e. The molecule has 1 aliphatic rings. The second-order valence-corrected chi connectivity index (χ2v) is 7.14. The van der Waals surface area contributed by atoms with Crippen LogP contribution >= 0.6 is 11.3 Å². The summed E-state index contributed by atoms with van der Waals surface area (Å²) in [5.41, 5.74) is 4.27. The highest BCUT2D eigenvalue weighted by molar-refractivity contribution is 7.09. The Labute approximate surface area is 139 Å².